The number of hydrogen-bond acceptors (Lipinski definition) is 3. The number of hydrogen-bond donors (Lipinski definition) is 1. The van der Waals surface area contributed by atoms with E-state index in [4.69, 9.17) is 6.42 Å². The summed E-state index contributed by atoms with van der Waals surface area (Å²) >= 11 is 0. The number of nitrogens with zero attached hydrogens (tertiary/aromatic N) is 1. The summed E-state index contributed by atoms with van der Waals surface area (Å²) in [4.78, 5) is 2.15. The minimum Gasteiger partial charge on any atom is -0.294 e. The zero-order valence-electron chi connectivity index (χ0n) is 9.76. The van der Waals surface area contributed by atoms with E-state index >= 15 is 0 Å². The fourth-order valence-electron chi connectivity index (χ4n) is 1.29. The third-order valence-corrected chi connectivity index (χ3v) is 3.68. The fourth-order valence-corrected chi connectivity index (χ4v) is 2.33. The minimum atomic E-state index is -3.40. The number of nitrogens with one attached hydrogen (secondary N) is 1. The number of benzene rings is 1. The Kier molecular flexibility index (Phi) is 5.16. The van der Waals surface area contributed by atoms with Gasteiger partial charge in [-0.15, -0.1) is 6.42 Å². The van der Waals surface area contributed by atoms with Crippen molar-refractivity contribution >= 4 is 10.0 Å². The lowest BCUT2D eigenvalue weighted by molar-refractivity contribution is 0.380. The molecule has 5 heteroatoms. The molecule has 1 rings (SSSR count). The standard InChI is InChI=1S/C12H16N2O2S/c1-3-10-14(2)11-9-13-17(15,16)12-7-5-4-6-8-12/h1,4-8,13H,9-11H2,2H3. The summed E-state index contributed by atoms with van der Waals surface area (Å²) in [7, 11) is -1.56. The molecular weight excluding hydrogens is 236 g/mol. The molecule has 0 saturated carbocycles. The van der Waals surface area contributed by atoms with E-state index in [1.54, 1.807) is 30.3 Å². The number of sulfonamides is 1. The van der Waals surface area contributed by atoms with E-state index in [-0.39, 0.29) is 4.90 Å². The van der Waals surface area contributed by atoms with Gasteiger partial charge >= 0.3 is 0 Å². The Labute approximate surface area is 103 Å². The molecular formula is C12H16N2O2S. The van der Waals surface area contributed by atoms with Crippen molar-refractivity contribution < 1.29 is 8.42 Å². The Bertz CT molecular complexity index is 477. The van der Waals surface area contributed by atoms with Crippen molar-refractivity contribution in [3.63, 3.8) is 0 Å². The Hall–Kier alpha value is -1.35. The van der Waals surface area contributed by atoms with Crippen LogP contribution in [0.15, 0.2) is 35.2 Å². The van der Waals surface area contributed by atoms with Gasteiger partial charge in [-0.05, 0) is 19.2 Å². The molecule has 0 aliphatic heterocycles. The highest BCUT2D eigenvalue weighted by Crippen LogP contribution is 2.06. The second-order valence-electron chi connectivity index (χ2n) is 3.65. The summed E-state index contributed by atoms with van der Waals surface area (Å²) in [5, 5.41) is 0. The molecule has 1 N–H and O–H groups in total. The van der Waals surface area contributed by atoms with Crippen LogP contribution < -0.4 is 4.72 Å². The number of likely N-dealkylation sites (N-methyl/N-ethyl adjacent to an activating group) is 1. The maximum atomic E-state index is 11.8. The highest BCUT2D eigenvalue weighted by atomic mass is 32.2. The first-order valence-corrected chi connectivity index (χ1v) is 6.71. The summed E-state index contributed by atoms with van der Waals surface area (Å²) < 4.78 is 26.1. The average molecular weight is 252 g/mol. The van der Waals surface area contributed by atoms with Crippen LogP contribution in [0.4, 0.5) is 0 Å². The molecule has 17 heavy (non-hydrogen) atoms. The van der Waals surface area contributed by atoms with Crippen LogP contribution in [0.1, 0.15) is 0 Å². The lowest BCUT2D eigenvalue weighted by atomic mass is 10.4. The predicted molar refractivity (Wildman–Crippen MR) is 68.0 cm³/mol. The topological polar surface area (TPSA) is 49.4 Å². The molecule has 0 atom stereocenters. The molecule has 0 saturated heterocycles. The molecule has 0 aliphatic carbocycles. The van der Waals surface area contributed by atoms with E-state index in [0.717, 1.165) is 0 Å². The lowest BCUT2D eigenvalue weighted by Crippen LogP contribution is -2.33. The first-order valence-electron chi connectivity index (χ1n) is 5.23. The number of rotatable bonds is 6. The van der Waals surface area contributed by atoms with Crippen molar-refractivity contribution in [1.29, 1.82) is 0 Å². The van der Waals surface area contributed by atoms with Gasteiger partial charge < -0.3 is 0 Å². The smallest absolute Gasteiger partial charge is 0.240 e. The molecule has 0 spiro atoms. The van der Waals surface area contributed by atoms with E-state index in [2.05, 4.69) is 10.6 Å². The van der Waals surface area contributed by atoms with Crippen LogP contribution in [-0.2, 0) is 10.0 Å². The van der Waals surface area contributed by atoms with Gasteiger partial charge in [0.2, 0.25) is 10.0 Å². The zero-order chi connectivity index (χ0) is 12.7. The van der Waals surface area contributed by atoms with Gasteiger partial charge in [0, 0.05) is 13.1 Å². The van der Waals surface area contributed by atoms with Gasteiger partial charge in [-0.3, -0.25) is 4.90 Å². The van der Waals surface area contributed by atoms with Gasteiger partial charge in [0.1, 0.15) is 0 Å². The van der Waals surface area contributed by atoms with Gasteiger partial charge in [0.05, 0.1) is 11.4 Å². The molecule has 92 valence electrons. The Balaban J connectivity index is 2.50. The molecule has 0 bridgehead atoms. The van der Waals surface area contributed by atoms with Crippen LogP contribution in [0.2, 0.25) is 0 Å². The molecule has 4 nitrogen and oxygen atoms in total. The molecule has 0 amide bonds. The van der Waals surface area contributed by atoms with E-state index in [9.17, 15) is 8.42 Å². The summed E-state index contributed by atoms with van der Waals surface area (Å²) in [6.45, 7) is 1.43. The van der Waals surface area contributed by atoms with Gasteiger partial charge in [-0.1, -0.05) is 24.1 Å². The highest BCUT2D eigenvalue weighted by Gasteiger charge is 2.12. The van der Waals surface area contributed by atoms with Crippen LogP contribution in [0.5, 0.6) is 0 Å². The van der Waals surface area contributed by atoms with Crippen LogP contribution in [-0.4, -0.2) is 40.0 Å². The third kappa shape index (κ3) is 4.57. The van der Waals surface area contributed by atoms with Crippen LogP contribution >= 0.6 is 0 Å². The Morgan fingerprint density at radius 3 is 2.59 bits per heavy atom. The van der Waals surface area contributed by atoms with Gasteiger partial charge in [-0.2, -0.15) is 0 Å². The van der Waals surface area contributed by atoms with Crippen molar-refractivity contribution in [2.24, 2.45) is 0 Å². The van der Waals surface area contributed by atoms with Crippen molar-refractivity contribution in [3.05, 3.63) is 30.3 Å². The highest BCUT2D eigenvalue weighted by molar-refractivity contribution is 7.89. The lowest BCUT2D eigenvalue weighted by Gasteiger charge is -2.13. The van der Waals surface area contributed by atoms with Crippen LogP contribution in [0.25, 0.3) is 0 Å². The van der Waals surface area contributed by atoms with Crippen molar-refractivity contribution in [2.75, 3.05) is 26.7 Å². The quantitative estimate of drug-likeness (QED) is 0.751. The van der Waals surface area contributed by atoms with Crippen LogP contribution in [0.3, 0.4) is 0 Å². The SMILES string of the molecule is C#CCN(C)CCNS(=O)(=O)c1ccccc1. The molecule has 0 radical (unpaired) electrons. The van der Waals surface area contributed by atoms with E-state index < -0.39 is 10.0 Å². The van der Waals surface area contributed by atoms with Crippen LogP contribution in [0, 0.1) is 12.3 Å². The minimum absolute atomic E-state index is 0.277. The maximum absolute atomic E-state index is 11.8. The first kappa shape index (κ1) is 13.7. The first-order chi connectivity index (χ1) is 8.06. The summed E-state index contributed by atoms with van der Waals surface area (Å²) in [6.07, 6.45) is 5.15. The largest absolute Gasteiger partial charge is 0.294 e. The Morgan fingerprint density at radius 1 is 1.35 bits per heavy atom. The maximum Gasteiger partial charge on any atom is 0.240 e. The summed E-state index contributed by atoms with van der Waals surface area (Å²) in [6, 6.07) is 8.29. The second kappa shape index (κ2) is 6.40. The fraction of sp³-hybridized carbons (Fsp3) is 0.333. The summed E-state index contributed by atoms with van der Waals surface area (Å²) in [5.41, 5.74) is 0. The van der Waals surface area contributed by atoms with Crippen molar-refractivity contribution in [3.8, 4) is 12.3 Å². The van der Waals surface area contributed by atoms with E-state index in [0.29, 0.717) is 19.6 Å². The normalized spacial score (nSPS) is 11.4. The average Bonchev–Trinajstić information content (AvgIpc) is 2.30. The molecule has 1 aromatic rings. The van der Waals surface area contributed by atoms with E-state index in [1.165, 1.54) is 0 Å². The molecule has 0 aliphatic rings. The van der Waals surface area contributed by atoms with Gasteiger partial charge in [0.15, 0.2) is 0 Å². The van der Waals surface area contributed by atoms with Gasteiger partial charge in [0.25, 0.3) is 0 Å². The number of terminal acetylenes is 1. The molecule has 1 aromatic carbocycles. The van der Waals surface area contributed by atoms with Crippen molar-refractivity contribution in [1.82, 2.24) is 9.62 Å². The van der Waals surface area contributed by atoms with Crippen molar-refractivity contribution in [2.45, 2.75) is 4.90 Å². The molecule has 0 aromatic heterocycles. The second-order valence-corrected chi connectivity index (χ2v) is 5.42. The van der Waals surface area contributed by atoms with E-state index in [1.807, 2.05) is 11.9 Å². The third-order valence-electron chi connectivity index (χ3n) is 2.20. The Morgan fingerprint density at radius 2 is 2.00 bits per heavy atom. The molecule has 0 unspecified atom stereocenters. The summed E-state index contributed by atoms with van der Waals surface area (Å²) in [5.74, 6) is 2.50. The zero-order valence-corrected chi connectivity index (χ0v) is 10.6. The molecule has 0 fully saturated rings. The van der Waals surface area contributed by atoms with Gasteiger partial charge in [-0.25, -0.2) is 13.1 Å². The predicted octanol–water partition coefficient (Wildman–Crippen LogP) is 0.530. The monoisotopic (exact) mass is 252 g/mol. The molecule has 0 heterocycles.